The summed E-state index contributed by atoms with van der Waals surface area (Å²) in [6.07, 6.45) is 2.13. The van der Waals surface area contributed by atoms with Gasteiger partial charge in [-0.25, -0.2) is 0 Å². The second-order valence-corrected chi connectivity index (χ2v) is 9.34. The van der Waals surface area contributed by atoms with Gasteiger partial charge in [-0.2, -0.15) is 0 Å². The molecule has 3 saturated heterocycles. The van der Waals surface area contributed by atoms with Crippen LogP contribution >= 0.6 is 0 Å². The highest BCUT2D eigenvalue weighted by Crippen LogP contribution is 2.43. The first-order chi connectivity index (χ1) is 16.7. The molecule has 3 aliphatic rings. The minimum Gasteiger partial charge on any atom is -0.394 e. The largest absolute Gasteiger partial charge is 0.394 e. The minimum absolute atomic E-state index is 0.00515. The molecule has 3 atom stereocenters. The SMILES string of the molecule is O=C(C1CCOCC1)N1CC(=O)N2[C@@H](CO)[C@H](c3ccc(C#CCc4ccccc4)cc3)[C@@H]2C1. The molecule has 5 rings (SSSR count). The van der Waals surface area contributed by atoms with Gasteiger partial charge in [0, 0.05) is 43.6 Å². The maximum absolute atomic E-state index is 13.1. The van der Waals surface area contributed by atoms with E-state index in [1.54, 1.807) is 9.80 Å². The molecule has 3 heterocycles. The molecule has 0 radical (unpaired) electrons. The maximum atomic E-state index is 13.1. The van der Waals surface area contributed by atoms with E-state index < -0.39 is 0 Å². The maximum Gasteiger partial charge on any atom is 0.242 e. The lowest BCUT2D eigenvalue weighted by atomic mass is 9.73. The lowest BCUT2D eigenvalue weighted by molar-refractivity contribution is -0.169. The van der Waals surface area contributed by atoms with Crippen molar-refractivity contribution in [1.82, 2.24) is 9.80 Å². The van der Waals surface area contributed by atoms with Crippen LogP contribution in [0.15, 0.2) is 54.6 Å². The van der Waals surface area contributed by atoms with Gasteiger partial charge >= 0.3 is 0 Å². The Labute approximate surface area is 200 Å². The van der Waals surface area contributed by atoms with Gasteiger partial charge in [-0.05, 0) is 36.1 Å². The van der Waals surface area contributed by atoms with Crippen molar-refractivity contribution in [2.75, 3.05) is 32.9 Å². The molecule has 0 aliphatic carbocycles. The van der Waals surface area contributed by atoms with Crippen LogP contribution in [0.1, 0.15) is 35.4 Å². The third-order valence-electron chi connectivity index (χ3n) is 7.30. The molecule has 3 aliphatic heterocycles. The third-order valence-corrected chi connectivity index (χ3v) is 7.30. The highest BCUT2D eigenvalue weighted by Gasteiger charge is 2.54. The number of fused-ring (bicyclic) bond motifs is 1. The minimum atomic E-state index is -0.243. The predicted molar refractivity (Wildman–Crippen MR) is 128 cm³/mol. The van der Waals surface area contributed by atoms with Crippen LogP contribution in [0.5, 0.6) is 0 Å². The lowest BCUT2D eigenvalue weighted by Gasteiger charge is -2.59. The van der Waals surface area contributed by atoms with Gasteiger partial charge in [0.1, 0.15) is 0 Å². The monoisotopic (exact) mass is 458 g/mol. The highest BCUT2D eigenvalue weighted by atomic mass is 16.5. The fourth-order valence-electron chi connectivity index (χ4n) is 5.50. The van der Waals surface area contributed by atoms with Crippen LogP contribution in [0.2, 0.25) is 0 Å². The molecule has 3 fully saturated rings. The van der Waals surface area contributed by atoms with Gasteiger partial charge in [0.25, 0.3) is 0 Å². The number of hydrogen-bond donors (Lipinski definition) is 1. The summed E-state index contributed by atoms with van der Waals surface area (Å²) in [6, 6.07) is 17.9. The van der Waals surface area contributed by atoms with Crippen LogP contribution in [0.25, 0.3) is 0 Å². The van der Waals surface area contributed by atoms with Gasteiger partial charge in [0.15, 0.2) is 0 Å². The van der Waals surface area contributed by atoms with Crippen molar-refractivity contribution in [1.29, 1.82) is 0 Å². The third kappa shape index (κ3) is 4.46. The van der Waals surface area contributed by atoms with E-state index in [0.29, 0.717) is 39.0 Å². The summed E-state index contributed by atoms with van der Waals surface area (Å²) >= 11 is 0. The van der Waals surface area contributed by atoms with Crippen molar-refractivity contribution in [3.63, 3.8) is 0 Å². The van der Waals surface area contributed by atoms with Crippen LogP contribution < -0.4 is 0 Å². The van der Waals surface area contributed by atoms with E-state index in [1.807, 2.05) is 42.5 Å². The van der Waals surface area contributed by atoms with E-state index in [-0.39, 0.29) is 48.9 Å². The Morgan fingerprint density at radius 1 is 1.06 bits per heavy atom. The summed E-state index contributed by atoms with van der Waals surface area (Å²) in [4.78, 5) is 29.4. The van der Waals surface area contributed by atoms with Crippen molar-refractivity contribution in [3.8, 4) is 11.8 Å². The van der Waals surface area contributed by atoms with Crippen molar-refractivity contribution in [2.24, 2.45) is 5.92 Å². The van der Waals surface area contributed by atoms with Crippen LogP contribution in [0, 0.1) is 17.8 Å². The van der Waals surface area contributed by atoms with Gasteiger partial charge in [-0.3, -0.25) is 9.59 Å². The number of benzene rings is 2. The zero-order chi connectivity index (χ0) is 23.5. The number of ether oxygens (including phenoxy) is 1. The first-order valence-corrected chi connectivity index (χ1v) is 12.1. The number of carbonyl (C=O) groups excluding carboxylic acids is 2. The Bertz CT molecular complexity index is 1080. The number of nitrogens with zero attached hydrogens (tertiary/aromatic N) is 2. The van der Waals surface area contributed by atoms with E-state index in [1.165, 1.54) is 5.56 Å². The zero-order valence-corrected chi connectivity index (χ0v) is 19.2. The Hall–Kier alpha value is -3.14. The number of hydrogen-bond acceptors (Lipinski definition) is 4. The second-order valence-electron chi connectivity index (χ2n) is 9.34. The van der Waals surface area contributed by atoms with Crippen LogP contribution in [-0.2, 0) is 20.7 Å². The first-order valence-electron chi connectivity index (χ1n) is 12.1. The molecule has 0 aromatic heterocycles. The van der Waals surface area contributed by atoms with Gasteiger partial charge in [0.05, 0.1) is 25.2 Å². The van der Waals surface area contributed by atoms with Crippen molar-refractivity contribution < 1.29 is 19.4 Å². The molecule has 0 saturated carbocycles. The van der Waals surface area contributed by atoms with Gasteiger partial charge in [0.2, 0.25) is 11.8 Å². The van der Waals surface area contributed by atoms with E-state index in [4.69, 9.17) is 4.74 Å². The number of piperazine rings is 1. The Kier molecular flexibility index (Phi) is 6.66. The van der Waals surface area contributed by atoms with Crippen LogP contribution in [0.4, 0.5) is 0 Å². The van der Waals surface area contributed by atoms with Crippen molar-refractivity contribution in [3.05, 3.63) is 71.3 Å². The molecule has 0 spiro atoms. The topological polar surface area (TPSA) is 70.1 Å². The average Bonchev–Trinajstić information content (AvgIpc) is 2.87. The van der Waals surface area contributed by atoms with E-state index >= 15 is 0 Å². The lowest BCUT2D eigenvalue weighted by Crippen LogP contribution is -2.73. The molecule has 2 aromatic rings. The van der Waals surface area contributed by atoms with Gasteiger partial charge < -0.3 is 19.6 Å². The molecule has 0 bridgehead atoms. The van der Waals surface area contributed by atoms with E-state index in [2.05, 4.69) is 24.0 Å². The van der Waals surface area contributed by atoms with Gasteiger partial charge in [-0.1, -0.05) is 54.3 Å². The first kappa shape index (κ1) is 22.6. The smallest absolute Gasteiger partial charge is 0.242 e. The summed E-state index contributed by atoms with van der Waals surface area (Å²) in [7, 11) is 0. The molecule has 34 heavy (non-hydrogen) atoms. The molecule has 2 amide bonds. The van der Waals surface area contributed by atoms with Crippen molar-refractivity contribution >= 4 is 11.8 Å². The summed E-state index contributed by atoms with van der Waals surface area (Å²) in [5.41, 5.74) is 3.20. The Morgan fingerprint density at radius 3 is 2.50 bits per heavy atom. The van der Waals surface area contributed by atoms with Crippen LogP contribution in [0.3, 0.4) is 0 Å². The number of amides is 2. The molecule has 6 nitrogen and oxygen atoms in total. The molecule has 176 valence electrons. The summed E-state index contributed by atoms with van der Waals surface area (Å²) in [5, 5.41) is 10.0. The molecule has 6 heteroatoms. The number of carbonyl (C=O) groups is 2. The molecular weight excluding hydrogens is 428 g/mol. The van der Waals surface area contributed by atoms with E-state index in [0.717, 1.165) is 11.1 Å². The highest BCUT2D eigenvalue weighted by molar-refractivity contribution is 5.88. The van der Waals surface area contributed by atoms with Crippen LogP contribution in [-0.4, -0.2) is 71.7 Å². The normalized spacial score (nSPS) is 24.6. The summed E-state index contributed by atoms with van der Waals surface area (Å²) < 4.78 is 5.38. The molecule has 2 aromatic carbocycles. The standard InChI is InChI=1S/C28H30N2O4/c31-19-25-27(22-11-9-21(10-12-22)8-4-7-20-5-2-1-3-6-20)24-17-29(18-26(32)30(24)25)28(33)23-13-15-34-16-14-23/h1-3,5-6,9-12,23-25,27,31H,7,13-19H2/t24-,25-,27+/m0/s1. The number of rotatable bonds is 4. The van der Waals surface area contributed by atoms with Crippen molar-refractivity contribution in [2.45, 2.75) is 37.3 Å². The fourth-order valence-corrected chi connectivity index (χ4v) is 5.50. The summed E-state index contributed by atoms with van der Waals surface area (Å²) in [6.45, 7) is 1.74. The van der Waals surface area contributed by atoms with E-state index in [9.17, 15) is 14.7 Å². The second kappa shape index (κ2) is 10.0. The Balaban J connectivity index is 1.28. The zero-order valence-electron chi connectivity index (χ0n) is 19.2. The average molecular weight is 459 g/mol. The van der Waals surface area contributed by atoms with Gasteiger partial charge in [-0.15, -0.1) is 0 Å². The summed E-state index contributed by atoms with van der Waals surface area (Å²) in [5.74, 6) is 6.37. The quantitative estimate of drug-likeness (QED) is 0.714. The molecular formula is C28H30N2O4. The molecule has 0 unspecified atom stereocenters. The fraction of sp³-hybridized carbons (Fsp3) is 0.429. The number of aliphatic hydroxyl groups is 1. The predicted octanol–water partition coefficient (Wildman–Crippen LogP) is 2.20. The number of aliphatic hydroxyl groups excluding tert-OH is 1. The Morgan fingerprint density at radius 2 is 1.79 bits per heavy atom. The molecule has 1 N–H and O–H groups in total.